The first kappa shape index (κ1) is 18.2. The Kier molecular flexibility index (Phi) is 7.99. The van der Waals surface area contributed by atoms with Crippen molar-refractivity contribution in [3.63, 3.8) is 0 Å². The Labute approximate surface area is 120 Å². The van der Waals surface area contributed by atoms with Gasteiger partial charge < -0.3 is 15.6 Å². The molecule has 0 fully saturated rings. The Morgan fingerprint density at radius 1 is 1.32 bits per heavy atom. The number of methoxy groups -OCH3 is 1. The van der Waals surface area contributed by atoms with Crippen LogP contribution in [0.4, 0.5) is 4.39 Å². The van der Waals surface area contributed by atoms with Gasteiger partial charge in [-0.1, -0.05) is 26.0 Å². The molecule has 1 aromatic carbocycles. The number of nitrogens with two attached hydrogens (primary N) is 1. The molecular weight excluding hydrogens is 269 g/mol. The van der Waals surface area contributed by atoms with Crippen LogP contribution in [0.15, 0.2) is 18.2 Å². The summed E-state index contributed by atoms with van der Waals surface area (Å²) in [5, 5.41) is 9.98. The Bertz CT molecular complexity index is 388. The highest BCUT2D eigenvalue weighted by Crippen LogP contribution is 2.27. The number of aliphatic hydroxyl groups excluding tert-OH is 1. The van der Waals surface area contributed by atoms with E-state index in [1.165, 1.54) is 13.2 Å². The molecule has 0 aromatic heterocycles. The summed E-state index contributed by atoms with van der Waals surface area (Å²) in [6.07, 6.45) is 0.685. The maximum atomic E-state index is 14.0. The molecule has 0 saturated carbocycles. The summed E-state index contributed by atoms with van der Waals surface area (Å²) in [6.45, 7) is 4.15. The number of aliphatic hydroxyl groups is 1. The number of hydrogen-bond donors (Lipinski definition) is 2. The number of benzene rings is 1. The first-order valence-corrected chi connectivity index (χ1v) is 6.23. The summed E-state index contributed by atoms with van der Waals surface area (Å²) in [7, 11) is 1.41. The quantitative estimate of drug-likeness (QED) is 0.847. The molecule has 0 heterocycles. The minimum atomic E-state index is -0.742. The highest BCUT2D eigenvalue weighted by Gasteiger charge is 2.21. The first-order valence-electron chi connectivity index (χ1n) is 6.23. The summed E-state index contributed by atoms with van der Waals surface area (Å²) in [6, 6.07) is 4.07. The molecule has 0 unspecified atom stereocenters. The topological polar surface area (TPSA) is 55.5 Å². The number of rotatable bonds is 6. The van der Waals surface area contributed by atoms with Crippen LogP contribution in [-0.4, -0.2) is 18.3 Å². The minimum absolute atomic E-state index is 0. The fourth-order valence-corrected chi connectivity index (χ4v) is 1.83. The zero-order chi connectivity index (χ0) is 13.7. The molecule has 0 amide bonds. The SMILES string of the molecule is COc1cccc([C@H](N)[C@H](O)CCC(C)C)c1F.Cl. The lowest BCUT2D eigenvalue weighted by Gasteiger charge is -2.21. The van der Waals surface area contributed by atoms with Gasteiger partial charge in [0.2, 0.25) is 0 Å². The number of ether oxygens (including phenoxy) is 1. The molecule has 3 N–H and O–H groups in total. The Morgan fingerprint density at radius 2 is 1.95 bits per heavy atom. The summed E-state index contributed by atoms with van der Waals surface area (Å²) in [5.74, 6) is 0.150. The van der Waals surface area contributed by atoms with E-state index in [4.69, 9.17) is 10.5 Å². The first-order chi connectivity index (χ1) is 8.47. The van der Waals surface area contributed by atoms with Crippen LogP contribution < -0.4 is 10.5 Å². The lowest BCUT2D eigenvalue weighted by molar-refractivity contribution is 0.126. The second kappa shape index (κ2) is 8.35. The van der Waals surface area contributed by atoms with Gasteiger partial charge in [-0.3, -0.25) is 0 Å². The van der Waals surface area contributed by atoms with Gasteiger partial charge in [0.25, 0.3) is 0 Å². The van der Waals surface area contributed by atoms with Crippen molar-refractivity contribution >= 4 is 12.4 Å². The van der Waals surface area contributed by atoms with Crippen LogP contribution in [0.3, 0.4) is 0 Å². The van der Waals surface area contributed by atoms with Gasteiger partial charge in [-0.25, -0.2) is 4.39 Å². The van der Waals surface area contributed by atoms with Gasteiger partial charge in [-0.05, 0) is 24.8 Å². The van der Waals surface area contributed by atoms with Gasteiger partial charge in [0.05, 0.1) is 19.3 Å². The maximum Gasteiger partial charge on any atom is 0.169 e. The van der Waals surface area contributed by atoms with Crippen molar-refractivity contribution in [3.05, 3.63) is 29.6 Å². The van der Waals surface area contributed by atoms with Gasteiger partial charge in [0.15, 0.2) is 11.6 Å². The van der Waals surface area contributed by atoms with Crippen LogP contribution in [0.5, 0.6) is 5.75 Å². The van der Waals surface area contributed by atoms with Crippen molar-refractivity contribution in [2.45, 2.75) is 38.8 Å². The summed E-state index contributed by atoms with van der Waals surface area (Å²) >= 11 is 0. The van der Waals surface area contributed by atoms with E-state index in [2.05, 4.69) is 13.8 Å². The van der Waals surface area contributed by atoms with E-state index in [9.17, 15) is 9.50 Å². The van der Waals surface area contributed by atoms with Gasteiger partial charge >= 0.3 is 0 Å². The predicted octanol–water partition coefficient (Wildman–Crippen LogP) is 3.05. The zero-order valence-corrected chi connectivity index (χ0v) is 12.4. The average molecular weight is 292 g/mol. The van der Waals surface area contributed by atoms with Crippen LogP contribution in [0.2, 0.25) is 0 Å². The van der Waals surface area contributed by atoms with E-state index in [1.807, 2.05) is 0 Å². The smallest absolute Gasteiger partial charge is 0.169 e. The van der Waals surface area contributed by atoms with Gasteiger partial charge in [-0.2, -0.15) is 0 Å². The van der Waals surface area contributed by atoms with Gasteiger partial charge in [0, 0.05) is 5.56 Å². The largest absolute Gasteiger partial charge is 0.494 e. The van der Waals surface area contributed by atoms with E-state index in [0.29, 0.717) is 17.9 Å². The molecule has 0 bridgehead atoms. The van der Waals surface area contributed by atoms with E-state index in [0.717, 1.165) is 6.42 Å². The van der Waals surface area contributed by atoms with Crippen molar-refractivity contribution in [3.8, 4) is 5.75 Å². The van der Waals surface area contributed by atoms with Gasteiger partial charge in [0.1, 0.15) is 0 Å². The molecule has 0 aliphatic carbocycles. The summed E-state index contributed by atoms with van der Waals surface area (Å²) in [5.41, 5.74) is 6.20. The third-order valence-corrected chi connectivity index (χ3v) is 3.03. The second-order valence-corrected chi connectivity index (χ2v) is 4.93. The molecule has 0 aliphatic heterocycles. The van der Waals surface area contributed by atoms with E-state index in [1.54, 1.807) is 12.1 Å². The van der Waals surface area contributed by atoms with Crippen LogP contribution in [-0.2, 0) is 0 Å². The molecular formula is C14H23ClFNO2. The van der Waals surface area contributed by atoms with Crippen LogP contribution in [0.1, 0.15) is 38.3 Å². The molecule has 5 heteroatoms. The monoisotopic (exact) mass is 291 g/mol. The normalized spacial score (nSPS) is 13.8. The molecule has 1 aromatic rings. The van der Waals surface area contributed by atoms with Crippen molar-refractivity contribution in [1.82, 2.24) is 0 Å². The molecule has 3 nitrogen and oxygen atoms in total. The molecule has 0 saturated heterocycles. The predicted molar refractivity (Wildman–Crippen MR) is 77.2 cm³/mol. The molecule has 0 spiro atoms. The lowest BCUT2D eigenvalue weighted by atomic mass is 9.95. The molecule has 110 valence electrons. The molecule has 2 atom stereocenters. The van der Waals surface area contributed by atoms with E-state index < -0.39 is 18.0 Å². The third-order valence-electron chi connectivity index (χ3n) is 3.03. The fourth-order valence-electron chi connectivity index (χ4n) is 1.83. The fraction of sp³-hybridized carbons (Fsp3) is 0.571. The van der Waals surface area contributed by atoms with Gasteiger partial charge in [-0.15, -0.1) is 12.4 Å². The molecule has 0 aliphatic rings. The Morgan fingerprint density at radius 3 is 2.47 bits per heavy atom. The highest BCUT2D eigenvalue weighted by molar-refractivity contribution is 5.85. The van der Waals surface area contributed by atoms with Crippen molar-refractivity contribution in [2.75, 3.05) is 7.11 Å². The van der Waals surface area contributed by atoms with E-state index >= 15 is 0 Å². The summed E-state index contributed by atoms with van der Waals surface area (Å²) < 4.78 is 18.9. The second-order valence-electron chi connectivity index (χ2n) is 4.93. The molecule has 0 radical (unpaired) electrons. The number of halogens is 2. The standard InChI is InChI=1S/C14H22FNO2.ClH/c1-9(2)7-8-11(17)14(16)10-5-4-6-12(18-3)13(10)15;/h4-6,9,11,14,17H,7-8,16H2,1-3H3;1H/t11-,14+;/m1./s1. The van der Waals surface area contributed by atoms with Crippen LogP contribution in [0, 0.1) is 11.7 Å². The Hall–Kier alpha value is -0.840. The lowest BCUT2D eigenvalue weighted by Crippen LogP contribution is -2.27. The summed E-state index contributed by atoms with van der Waals surface area (Å²) in [4.78, 5) is 0. The maximum absolute atomic E-state index is 14.0. The third kappa shape index (κ3) is 4.97. The van der Waals surface area contributed by atoms with Crippen molar-refractivity contribution in [1.29, 1.82) is 0 Å². The zero-order valence-electron chi connectivity index (χ0n) is 11.6. The number of hydrogen-bond acceptors (Lipinski definition) is 3. The average Bonchev–Trinajstić information content (AvgIpc) is 2.35. The minimum Gasteiger partial charge on any atom is -0.494 e. The van der Waals surface area contributed by atoms with Crippen molar-refractivity contribution in [2.24, 2.45) is 11.7 Å². The van der Waals surface area contributed by atoms with E-state index in [-0.39, 0.29) is 18.2 Å². The van der Waals surface area contributed by atoms with Crippen LogP contribution in [0.25, 0.3) is 0 Å². The molecule has 19 heavy (non-hydrogen) atoms. The Balaban J connectivity index is 0.00000324. The highest BCUT2D eigenvalue weighted by atomic mass is 35.5. The van der Waals surface area contributed by atoms with Crippen molar-refractivity contribution < 1.29 is 14.2 Å². The molecule has 1 rings (SSSR count). The van der Waals surface area contributed by atoms with Crippen LogP contribution >= 0.6 is 12.4 Å².